The van der Waals surface area contributed by atoms with E-state index in [-0.39, 0.29) is 19.4 Å². The highest BCUT2D eigenvalue weighted by Crippen LogP contribution is 2.10. The molecule has 1 aliphatic heterocycles. The van der Waals surface area contributed by atoms with Crippen LogP contribution < -0.4 is 5.06 Å². The molecule has 0 N–H and O–H groups in total. The van der Waals surface area contributed by atoms with E-state index < -0.39 is 18.0 Å². The molecular formula is C12H11NO5+. The van der Waals surface area contributed by atoms with Gasteiger partial charge in [0.2, 0.25) is 0 Å². The van der Waals surface area contributed by atoms with Gasteiger partial charge < -0.3 is 4.74 Å². The van der Waals surface area contributed by atoms with E-state index in [1.54, 1.807) is 24.3 Å². The maximum atomic E-state index is 11.3. The molecule has 18 heavy (non-hydrogen) atoms. The van der Waals surface area contributed by atoms with E-state index >= 15 is 0 Å². The molecule has 1 radical (unpaired) electrons. The molecule has 0 aromatic heterocycles. The minimum atomic E-state index is -1.07. The summed E-state index contributed by atoms with van der Waals surface area (Å²) in [5.41, 5.74) is 0.786. The van der Waals surface area contributed by atoms with Crippen LogP contribution in [0.4, 0.5) is 4.79 Å². The maximum Gasteiger partial charge on any atom is 0.567 e. The summed E-state index contributed by atoms with van der Waals surface area (Å²) in [5.74, 6) is -1.06. The van der Waals surface area contributed by atoms with Gasteiger partial charge in [-0.15, -0.1) is 0 Å². The van der Waals surface area contributed by atoms with Crippen molar-refractivity contribution in [1.82, 2.24) is 5.06 Å². The molecule has 1 fully saturated rings. The monoisotopic (exact) mass is 249 g/mol. The van der Waals surface area contributed by atoms with Gasteiger partial charge in [-0.25, -0.2) is 9.59 Å². The molecule has 0 spiro atoms. The molecule has 0 atom stereocenters. The number of hydrogen-bond donors (Lipinski definition) is 0. The summed E-state index contributed by atoms with van der Waals surface area (Å²) < 4.78 is 4.78. The summed E-state index contributed by atoms with van der Waals surface area (Å²) >= 11 is 0. The SMILES string of the molecule is O=C(OCc1ccccc1)O[N+]1C(=O)CCC1=O. The molecular weight excluding hydrogens is 238 g/mol. The maximum absolute atomic E-state index is 11.3. The predicted molar refractivity (Wildman–Crippen MR) is 59.1 cm³/mol. The summed E-state index contributed by atoms with van der Waals surface area (Å²) in [6.45, 7) is 0.0237. The van der Waals surface area contributed by atoms with Crippen molar-refractivity contribution in [1.29, 1.82) is 0 Å². The zero-order chi connectivity index (χ0) is 13.0. The summed E-state index contributed by atoms with van der Waals surface area (Å²) in [6.07, 6.45) is -0.947. The number of rotatable bonds is 3. The third-order valence-corrected chi connectivity index (χ3v) is 2.37. The average molecular weight is 249 g/mol. The number of amides is 2. The van der Waals surface area contributed by atoms with Crippen molar-refractivity contribution < 1.29 is 24.0 Å². The minimum absolute atomic E-state index is 0.0237. The third kappa shape index (κ3) is 2.92. The van der Waals surface area contributed by atoms with Crippen LogP contribution in [-0.4, -0.2) is 18.0 Å². The Labute approximate surface area is 103 Å². The van der Waals surface area contributed by atoms with E-state index in [1.807, 2.05) is 6.07 Å². The lowest BCUT2D eigenvalue weighted by atomic mass is 10.2. The lowest BCUT2D eigenvalue weighted by Gasteiger charge is -2.02. The van der Waals surface area contributed by atoms with E-state index in [4.69, 9.17) is 4.74 Å². The highest BCUT2D eigenvalue weighted by atomic mass is 16.8. The van der Waals surface area contributed by atoms with Crippen molar-refractivity contribution >= 4 is 18.0 Å². The van der Waals surface area contributed by atoms with Gasteiger partial charge in [0.15, 0.2) is 5.06 Å². The lowest BCUT2D eigenvalue weighted by molar-refractivity contribution is -0.155. The van der Waals surface area contributed by atoms with E-state index in [1.165, 1.54) is 0 Å². The Morgan fingerprint density at radius 3 is 2.33 bits per heavy atom. The van der Waals surface area contributed by atoms with Crippen molar-refractivity contribution in [2.75, 3.05) is 0 Å². The van der Waals surface area contributed by atoms with Crippen LogP contribution in [0.3, 0.4) is 0 Å². The second kappa shape index (κ2) is 5.42. The minimum Gasteiger partial charge on any atom is -0.426 e. The zero-order valence-electron chi connectivity index (χ0n) is 9.50. The topological polar surface area (TPSA) is 75.6 Å². The first-order valence-electron chi connectivity index (χ1n) is 5.41. The van der Waals surface area contributed by atoms with Gasteiger partial charge in [0.25, 0.3) is 0 Å². The van der Waals surface area contributed by atoms with Gasteiger partial charge in [0, 0.05) is 0 Å². The molecule has 2 rings (SSSR count). The van der Waals surface area contributed by atoms with Crippen molar-refractivity contribution in [3.05, 3.63) is 35.9 Å². The fourth-order valence-electron chi connectivity index (χ4n) is 1.48. The summed E-state index contributed by atoms with van der Waals surface area (Å²) in [5, 5.41) is 0.452. The van der Waals surface area contributed by atoms with Crippen molar-refractivity contribution in [2.45, 2.75) is 19.4 Å². The normalized spacial score (nSPS) is 15.8. The largest absolute Gasteiger partial charge is 0.567 e. The second-order valence-electron chi connectivity index (χ2n) is 3.70. The number of imide groups is 1. The quantitative estimate of drug-likeness (QED) is 0.457. The number of hydrogen-bond acceptors (Lipinski definition) is 5. The number of hydroxylamine groups is 2. The first-order chi connectivity index (χ1) is 8.66. The summed E-state index contributed by atoms with van der Waals surface area (Å²) in [7, 11) is 0. The zero-order valence-corrected chi connectivity index (χ0v) is 9.50. The van der Waals surface area contributed by atoms with Crippen LogP contribution in [0.1, 0.15) is 18.4 Å². The van der Waals surface area contributed by atoms with Crippen molar-refractivity contribution in [3.63, 3.8) is 0 Å². The molecule has 6 heteroatoms. The highest BCUT2D eigenvalue weighted by Gasteiger charge is 2.48. The molecule has 1 saturated heterocycles. The first-order valence-corrected chi connectivity index (χ1v) is 5.41. The van der Waals surface area contributed by atoms with E-state index in [0.29, 0.717) is 5.06 Å². The van der Waals surface area contributed by atoms with Gasteiger partial charge in [-0.05, 0) is 5.56 Å². The molecule has 1 aromatic rings. The molecule has 0 bridgehead atoms. The number of carbonyl (C=O) groups excluding carboxylic acids is 3. The van der Waals surface area contributed by atoms with Crippen LogP contribution >= 0.6 is 0 Å². The fraction of sp³-hybridized carbons (Fsp3) is 0.250. The van der Waals surface area contributed by atoms with E-state index in [2.05, 4.69) is 4.84 Å². The number of ether oxygens (including phenoxy) is 1. The van der Waals surface area contributed by atoms with Crippen LogP contribution in [0.25, 0.3) is 0 Å². The molecule has 2 amide bonds. The Balaban J connectivity index is 1.82. The van der Waals surface area contributed by atoms with Crippen molar-refractivity contribution in [3.8, 4) is 0 Å². The Morgan fingerprint density at radius 2 is 1.72 bits per heavy atom. The Morgan fingerprint density at radius 1 is 1.11 bits per heavy atom. The van der Waals surface area contributed by atoms with Gasteiger partial charge >= 0.3 is 18.0 Å². The number of carbonyl (C=O) groups is 3. The van der Waals surface area contributed by atoms with Crippen LogP contribution in [0, 0.1) is 0 Å². The Hall–Kier alpha value is -2.21. The third-order valence-electron chi connectivity index (χ3n) is 2.37. The van der Waals surface area contributed by atoms with E-state index in [9.17, 15) is 14.4 Å². The van der Waals surface area contributed by atoms with Crippen LogP contribution in [0.2, 0.25) is 0 Å². The predicted octanol–water partition coefficient (Wildman–Crippen LogP) is 1.24. The van der Waals surface area contributed by atoms with Gasteiger partial charge in [-0.2, -0.15) is 9.63 Å². The van der Waals surface area contributed by atoms with Gasteiger partial charge in [0.1, 0.15) is 6.61 Å². The Bertz CT molecular complexity index is 455. The smallest absolute Gasteiger partial charge is 0.426 e. The highest BCUT2D eigenvalue weighted by molar-refractivity contribution is 6.04. The molecule has 1 heterocycles. The molecule has 0 saturated carbocycles. The molecule has 6 nitrogen and oxygen atoms in total. The lowest BCUT2D eigenvalue weighted by Crippen LogP contribution is -2.38. The van der Waals surface area contributed by atoms with E-state index in [0.717, 1.165) is 5.56 Å². The van der Waals surface area contributed by atoms with Gasteiger partial charge in [0.05, 0.1) is 12.8 Å². The van der Waals surface area contributed by atoms with Crippen LogP contribution in [0.5, 0.6) is 0 Å². The molecule has 0 unspecified atom stereocenters. The van der Waals surface area contributed by atoms with Crippen LogP contribution in [-0.2, 0) is 25.8 Å². The average Bonchev–Trinajstić information content (AvgIpc) is 2.69. The molecule has 1 aliphatic rings. The Kier molecular flexibility index (Phi) is 3.69. The first kappa shape index (κ1) is 12.3. The number of nitrogens with zero attached hydrogens (tertiary/aromatic N) is 1. The molecule has 93 valence electrons. The molecule has 0 aliphatic carbocycles. The van der Waals surface area contributed by atoms with Gasteiger partial charge in [-0.1, -0.05) is 30.3 Å². The van der Waals surface area contributed by atoms with Crippen LogP contribution in [0.15, 0.2) is 30.3 Å². The fourth-order valence-corrected chi connectivity index (χ4v) is 1.48. The number of benzene rings is 1. The summed E-state index contributed by atoms with van der Waals surface area (Å²) in [6, 6.07) is 9.00. The van der Waals surface area contributed by atoms with Gasteiger partial charge in [-0.3, -0.25) is 0 Å². The molecule has 1 aromatic carbocycles. The summed E-state index contributed by atoms with van der Waals surface area (Å²) in [4.78, 5) is 38.1. The standard InChI is InChI=1S/C12H11NO5/c14-10-6-7-11(15)13(10)18-12(16)17-8-9-4-2-1-3-5-9/h1-5H,6-8H2/q+1. The van der Waals surface area contributed by atoms with Crippen molar-refractivity contribution in [2.24, 2.45) is 0 Å². The second-order valence-corrected chi connectivity index (χ2v) is 3.70.